The van der Waals surface area contributed by atoms with Gasteiger partial charge in [0.15, 0.2) is 5.78 Å². The van der Waals surface area contributed by atoms with Crippen molar-refractivity contribution in [3.63, 3.8) is 0 Å². The first-order valence-electron chi connectivity index (χ1n) is 9.45. The molecule has 0 heterocycles. The van der Waals surface area contributed by atoms with E-state index in [1.165, 1.54) is 0 Å². The summed E-state index contributed by atoms with van der Waals surface area (Å²) >= 11 is 0. The van der Waals surface area contributed by atoms with Gasteiger partial charge in [0, 0.05) is 16.8 Å². The number of fused-ring (bicyclic) bond motifs is 5. The first kappa shape index (κ1) is 20.8. The van der Waals surface area contributed by atoms with Gasteiger partial charge in [-0.25, -0.2) is 0 Å². The standard InChI is InChI=1S/C22H26O4.Na/c1-20-9-5-15(23)13-14(20)3-4-16-17(20)6-10-21(2)18(16)7-11-22(21,26)12-8-19(24)25;/h3-6,9-10,13,16-18,26H,7-8,11-12H2,1-2H3,(H,24,25);/q;+1/p-1/t16?,17?,18?,20-,21-,22+;/m0./s1. The number of carboxylic acid groups (broad SMARTS) is 1. The predicted molar refractivity (Wildman–Crippen MR) is 95.6 cm³/mol. The maximum Gasteiger partial charge on any atom is 1.00 e. The molecule has 4 aliphatic rings. The van der Waals surface area contributed by atoms with Crippen molar-refractivity contribution >= 4 is 11.8 Å². The summed E-state index contributed by atoms with van der Waals surface area (Å²) in [6, 6.07) is 0. The molecule has 0 bridgehead atoms. The van der Waals surface area contributed by atoms with Gasteiger partial charge in [0.05, 0.1) is 5.60 Å². The second-order valence-corrected chi connectivity index (χ2v) is 8.77. The summed E-state index contributed by atoms with van der Waals surface area (Å²) in [6.07, 6.45) is 15.6. The number of ketones is 1. The number of carboxylic acids is 1. The molecule has 27 heavy (non-hydrogen) atoms. The molecule has 0 amide bonds. The van der Waals surface area contributed by atoms with E-state index in [-0.39, 0.29) is 71.4 Å². The Morgan fingerprint density at radius 3 is 2.70 bits per heavy atom. The Balaban J connectivity index is 0.00000210. The van der Waals surface area contributed by atoms with E-state index in [1.54, 1.807) is 12.2 Å². The SMILES string of the molecule is C[C@]12C=CC(=O)C=C1C=CC1C2C=C[C@@]2(C)C1CC[C@@]2(O)CCC(=O)[O-].[Na+]. The van der Waals surface area contributed by atoms with Crippen LogP contribution in [0, 0.1) is 28.6 Å². The summed E-state index contributed by atoms with van der Waals surface area (Å²) in [5.41, 5.74) is -0.622. The molecule has 0 aromatic heterocycles. The van der Waals surface area contributed by atoms with Gasteiger partial charge in [0.25, 0.3) is 0 Å². The van der Waals surface area contributed by atoms with Gasteiger partial charge in [0.1, 0.15) is 0 Å². The molecule has 3 unspecified atom stereocenters. The number of rotatable bonds is 3. The Morgan fingerprint density at radius 2 is 2.00 bits per heavy atom. The Hall–Kier alpha value is -0.940. The van der Waals surface area contributed by atoms with E-state index in [1.807, 2.05) is 6.08 Å². The number of hydrogen-bond acceptors (Lipinski definition) is 4. The third kappa shape index (κ3) is 2.96. The molecule has 138 valence electrons. The largest absolute Gasteiger partial charge is 1.00 e. The second-order valence-electron chi connectivity index (χ2n) is 8.77. The molecule has 1 fully saturated rings. The number of carbonyl (C=O) groups is 2. The van der Waals surface area contributed by atoms with Crippen molar-refractivity contribution in [2.45, 2.75) is 45.1 Å². The number of aliphatic carboxylic acids is 1. The summed E-state index contributed by atoms with van der Waals surface area (Å²) in [4.78, 5) is 22.7. The van der Waals surface area contributed by atoms with Crippen molar-refractivity contribution in [1.82, 2.24) is 0 Å². The topological polar surface area (TPSA) is 77.4 Å². The van der Waals surface area contributed by atoms with Crippen LogP contribution in [0.1, 0.15) is 39.5 Å². The van der Waals surface area contributed by atoms with Crippen molar-refractivity contribution in [1.29, 1.82) is 0 Å². The normalized spacial score (nSPS) is 44.0. The van der Waals surface area contributed by atoms with Crippen LogP contribution in [0.2, 0.25) is 0 Å². The second kappa shape index (κ2) is 6.84. The summed E-state index contributed by atoms with van der Waals surface area (Å²) < 4.78 is 0. The average Bonchev–Trinajstić information content (AvgIpc) is 2.86. The minimum Gasteiger partial charge on any atom is -0.550 e. The van der Waals surface area contributed by atoms with E-state index >= 15 is 0 Å². The molecule has 0 aromatic rings. The van der Waals surface area contributed by atoms with Crippen molar-refractivity contribution in [3.05, 3.63) is 48.1 Å². The van der Waals surface area contributed by atoms with Crippen molar-refractivity contribution in [2.24, 2.45) is 28.6 Å². The quantitative estimate of drug-likeness (QED) is 0.512. The Bertz CT molecular complexity index is 794. The zero-order valence-corrected chi connectivity index (χ0v) is 18.3. The molecule has 0 radical (unpaired) electrons. The minimum atomic E-state index is -1.11. The van der Waals surface area contributed by atoms with E-state index in [0.717, 1.165) is 12.0 Å². The molecule has 5 heteroatoms. The fourth-order valence-electron chi connectivity index (χ4n) is 5.87. The van der Waals surface area contributed by atoms with E-state index in [2.05, 4.69) is 38.2 Å². The smallest absolute Gasteiger partial charge is 0.550 e. The average molecular weight is 376 g/mol. The van der Waals surface area contributed by atoms with Gasteiger partial charge in [-0.05, 0) is 61.2 Å². The molecule has 6 atom stereocenters. The Morgan fingerprint density at radius 1 is 1.26 bits per heavy atom. The minimum absolute atomic E-state index is 0. The van der Waals surface area contributed by atoms with Crippen LogP contribution in [0.25, 0.3) is 0 Å². The van der Waals surface area contributed by atoms with Crippen LogP contribution in [0.5, 0.6) is 0 Å². The van der Waals surface area contributed by atoms with Crippen LogP contribution in [0.4, 0.5) is 0 Å². The maximum atomic E-state index is 11.8. The molecule has 0 aliphatic heterocycles. The summed E-state index contributed by atoms with van der Waals surface area (Å²) in [5.74, 6) is -0.320. The summed E-state index contributed by atoms with van der Waals surface area (Å²) in [7, 11) is 0. The van der Waals surface area contributed by atoms with Gasteiger partial charge in [-0.15, -0.1) is 0 Å². The first-order chi connectivity index (χ1) is 12.2. The number of aliphatic hydroxyl groups is 1. The van der Waals surface area contributed by atoms with Gasteiger partial charge in [-0.1, -0.05) is 44.2 Å². The van der Waals surface area contributed by atoms with Crippen molar-refractivity contribution in [2.75, 3.05) is 0 Å². The molecule has 0 saturated heterocycles. The predicted octanol–water partition coefficient (Wildman–Crippen LogP) is -0.888. The fourth-order valence-corrected chi connectivity index (χ4v) is 5.87. The number of allylic oxidation sites excluding steroid dienone is 7. The van der Waals surface area contributed by atoms with E-state index in [9.17, 15) is 19.8 Å². The molecular formula is C22H25NaO4. The van der Waals surface area contributed by atoms with Crippen LogP contribution in [-0.4, -0.2) is 22.5 Å². The fraction of sp³-hybridized carbons (Fsp3) is 0.545. The molecule has 1 N–H and O–H groups in total. The molecule has 1 saturated carbocycles. The van der Waals surface area contributed by atoms with E-state index < -0.39 is 17.0 Å². The van der Waals surface area contributed by atoms with Gasteiger partial charge >= 0.3 is 29.6 Å². The van der Waals surface area contributed by atoms with Gasteiger partial charge in [-0.3, -0.25) is 4.79 Å². The third-order valence-corrected chi connectivity index (χ3v) is 7.62. The van der Waals surface area contributed by atoms with Crippen LogP contribution >= 0.6 is 0 Å². The molecule has 4 rings (SSSR count). The summed E-state index contributed by atoms with van der Waals surface area (Å²) in [5, 5.41) is 22.2. The van der Waals surface area contributed by atoms with E-state index in [4.69, 9.17) is 0 Å². The zero-order chi connectivity index (χ0) is 18.7. The van der Waals surface area contributed by atoms with Crippen LogP contribution in [-0.2, 0) is 9.59 Å². The Labute approximate surface area is 182 Å². The molecular weight excluding hydrogens is 351 g/mol. The molecule has 4 aliphatic carbocycles. The third-order valence-electron chi connectivity index (χ3n) is 7.62. The van der Waals surface area contributed by atoms with Crippen molar-refractivity contribution < 1.29 is 49.4 Å². The molecule has 4 nitrogen and oxygen atoms in total. The molecule has 0 aromatic carbocycles. The van der Waals surface area contributed by atoms with Crippen molar-refractivity contribution in [3.8, 4) is 0 Å². The molecule has 0 spiro atoms. The Kier molecular flexibility index (Phi) is 5.26. The van der Waals surface area contributed by atoms with Gasteiger partial charge in [-0.2, -0.15) is 0 Å². The first-order valence-corrected chi connectivity index (χ1v) is 9.45. The monoisotopic (exact) mass is 376 g/mol. The van der Waals surface area contributed by atoms with Crippen LogP contribution in [0.15, 0.2) is 48.1 Å². The number of carbonyl (C=O) groups excluding carboxylic acids is 2. The maximum absolute atomic E-state index is 11.8. The van der Waals surface area contributed by atoms with Gasteiger partial charge < -0.3 is 15.0 Å². The summed E-state index contributed by atoms with van der Waals surface area (Å²) in [6.45, 7) is 4.24. The van der Waals surface area contributed by atoms with E-state index in [0.29, 0.717) is 6.42 Å². The van der Waals surface area contributed by atoms with Gasteiger partial charge in [0.2, 0.25) is 0 Å². The number of hydrogen-bond donors (Lipinski definition) is 1. The zero-order valence-electron chi connectivity index (χ0n) is 16.3. The van der Waals surface area contributed by atoms with Crippen LogP contribution < -0.4 is 34.7 Å². The van der Waals surface area contributed by atoms with Crippen LogP contribution in [0.3, 0.4) is 0 Å².